The van der Waals surface area contributed by atoms with Crippen LogP contribution in [-0.4, -0.2) is 142 Å². The molecule has 2 heterocycles. The number of hydrogen-bond donors (Lipinski definition) is 7. The lowest BCUT2D eigenvalue weighted by atomic mass is 9.98. The Bertz CT molecular complexity index is 1040. The Labute approximate surface area is 374 Å². The average molecular weight is 893 g/mol. The molecular formula is C48H92O14. The Kier molecular flexibility index (Phi) is 34.2. The number of rotatable bonds is 40. The van der Waals surface area contributed by atoms with Crippen LogP contribution in [0.4, 0.5) is 0 Å². The second-order valence-electron chi connectivity index (χ2n) is 18.0. The van der Waals surface area contributed by atoms with Crippen LogP contribution >= 0.6 is 0 Å². The third-order valence-corrected chi connectivity index (χ3v) is 12.4. The molecular weight excluding hydrogens is 801 g/mol. The highest BCUT2D eigenvalue weighted by atomic mass is 16.7. The van der Waals surface area contributed by atoms with Crippen LogP contribution in [-0.2, 0) is 33.2 Å². The maximum Gasteiger partial charge on any atom is 0.306 e. The molecule has 2 fully saturated rings. The Hall–Kier alpha value is -1.01. The highest BCUT2D eigenvalue weighted by Gasteiger charge is 2.47. The number of aliphatic hydroxyl groups is 7. The molecule has 2 saturated heterocycles. The van der Waals surface area contributed by atoms with Crippen molar-refractivity contribution < 1.29 is 69.0 Å². The summed E-state index contributed by atoms with van der Waals surface area (Å²) in [6, 6.07) is 0. The topological polar surface area (TPSA) is 214 Å². The zero-order valence-corrected chi connectivity index (χ0v) is 38.9. The number of carbonyl (C=O) groups excluding carboxylic acids is 1. The van der Waals surface area contributed by atoms with Crippen LogP contribution in [0.3, 0.4) is 0 Å². The molecule has 0 aromatic carbocycles. The molecule has 62 heavy (non-hydrogen) atoms. The van der Waals surface area contributed by atoms with Crippen molar-refractivity contribution in [3.8, 4) is 0 Å². The van der Waals surface area contributed by atoms with Crippen molar-refractivity contribution >= 4 is 5.97 Å². The van der Waals surface area contributed by atoms with Gasteiger partial charge in [0, 0.05) is 13.0 Å². The van der Waals surface area contributed by atoms with Crippen LogP contribution in [0.25, 0.3) is 0 Å². The maximum absolute atomic E-state index is 13.0. The van der Waals surface area contributed by atoms with E-state index in [-0.39, 0.29) is 25.6 Å². The highest BCUT2D eigenvalue weighted by molar-refractivity contribution is 5.69. The number of aliphatic hydroxyl groups excluding tert-OH is 7. The Morgan fingerprint density at radius 3 is 1.31 bits per heavy atom. The van der Waals surface area contributed by atoms with Gasteiger partial charge in [-0.05, 0) is 12.8 Å². The fraction of sp³-hybridized carbons (Fsp3) is 0.979. The van der Waals surface area contributed by atoms with E-state index in [0.29, 0.717) is 6.61 Å². The molecule has 11 atom stereocenters. The summed E-state index contributed by atoms with van der Waals surface area (Å²) in [6.07, 6.45) is 18.8. The molecule has 7 N–H and O–H groups in total. The summed E-state index contributed by atoms with van der Waals surface area (Å²) in [5.74, 6) is -0.371. The predicted octanol–water partition coefficient (Wildman–Crippen LogP) is 6.91. The third kappa shape index (κ3) is 25.0. The summed E-state index contributed by atoms with van der Waals surface area (Å²) in [6.45, 7) is 3.71. The van der Waals surface area contributed by atoms with E-state index >= 15 is 0 Å². The van der Waals surface area contributed by atoms with Crippen LogP contribution in [0.1, 0.15) is 200 Å². The van der Waals surface area contributed by atoms with Crippen LogP contribution in [0.2, 0.25) is 0 Å². The van der Waals surface area contributed by atoms with E-state index in [1.165, 1.54) is 135 Å². The molecule has 0 aromatic rings. The third-order valence-electron chi connectivity index (χ3n) is 12.4. The van der Waals surface area contributed by atoms with Crippen LogP contribution in [0.5, 0.6) is 0 Å². The van der Waals surface area contributed by atoms with E-state index < -0.39 is 80.7 Å². The molecule has 0 amide bonds. The van der Waals surface area contributed by atoms with Gasteiger partial charge in [0.25, 0.3) is 0 Å². The fourth-order valence-corrected chi connectivity index (χ4v) is 8.23. The minimum Gasteiger partial charge on any atom is -0.457 e. The van der Waals surface area contributed by atoms with Gasteiger partial charge >= 0.3 is 5.97 Å². The van der Waals surface area contributed by atoms with Crippen molar-refractivity contribution in [2.75, 3.05) is 33.0 Å². The molecule has 2 aliphatic rings. The summed E-state index contributed by atoms with van der Waals surface area (Å²) in [5, 5.41) is 72.0. The first-order chi connectivity index (χ1) is 30.1. The Morgan fingerprint density at radius 1 is 0.468 bits per heavy atom. The zero-order chi connectivity index (χ0) is 45.2. The minimum atomic E-state index is -1.70. The second-order valence-corrected chi connectivity index (χ2v) is 18.0. The van der Waals surface area contributed by atoms with Gasteiger partial charge < -0.3 is 64.2 Å². The van der Waals surface area contributed by atoms with Gasteiger partial charge in [-0.3, -0.25) is 4.79 Å². The quantitative estimate of drug-likeness (QED) is 0.0246. The second kappa shape index (κ2) is 37.1. The van der Waals surface area contributed by atoms with Gasteiger partial charge in [-0.1, -0.05) is 181 Å². The van der Waals surface area contributed by atoms with Crippen LogP contribution in [0, 0.1) is 0 Å². The van der Waals surface area contributed by atoms with E-state index in [1.54, 1.807) is 0 Å². The predicted molar refractivity (Wildman–Crippen MR) is 238 cm³/mol. The summed E-state index contributed by atoms with van der Waals surface area (Å²) in [7, 11) is 0. The fourth-order valence-electron chi connectivity index (χ4n) is 8.23. The van der Waals surface area contributed by atoms with Gasteiger partial charge in [-0.2, -0.15) is 0 Å². The van der Waals surface area contributed by atoms with Gasteiger partial charge in [0.15, 0.2) is 12.6 Å². The largest absolute Gasteiger partial charge is 0.457 e. The zero-order valence-electron chi connectivity index (χ0n) is 38.9. The summed E-state index contributed by atoms with van der Waals surface area (Å²) < 4.78 is 34.2. The first-order valence-corrected chi connectivity index (χ1v) is 25.1. The van der Waals surface area contributed by atoms with Crippen molar-refractivity contribution in [2.24, 2.45) is 0 Å². The van der Waals surface area contributed by atoms with Crippen molar-refractivity contribution in [3.05, 3.63) is 0 Å². The van der Waals surface area contributed by atoms with E-state index in [9.17, 15) is 40.5 Å². The highest BCUT2D eigenvalue weighted by Crippen LogP contribution is 2.26. The van der Waals surface area contributed by atoms with Gasteiger partial charge in [0.05, 0.1) is 26.4 Å². The molecule has 0 aliphatic carbocycles. The molecule has 0 radical (unpaired) electrons. The van der Waals surface area contributed by atoms with Crippen molar-refractivity contribution in [1.29, 1.82) is 0 Å². The van der Waals surface area contributed by atoms with Gasteiger partial charge in [0.2, 0.25) is 0 Å². The van der Waals surface area contributed by atoms with Crippen LogP contribution < -0.4 is 0 Å². The van der Waals surface area contributed by atoms with Crippen molar-refractivity contribution in [1.82, 2.24) is 0 Å². The minimum absolute atomic E-state index is 0.0694. The van der Waals surface area contributed by atoms with Crippen molar-refractivity contribution in [2.45, 2.75) is 268 Å². The molecule has 0 aromatic heterocycles. The van der Waals surface area contributed by atoms with Gasteiger partial charge in [0.1, 0.15) is 54.9 Å². The van der Waals surface area contributed by atoms with Crippen LogP contribution in [0.15, 0.2) is 0 Å². The normalized spacial score (nSPS) is 27.1. The first-order valence-electron chi connectivity index (χ1n) is 25.1. The lowest BCUT2D eigenvalue weighted by Gasteiger charge is -2.42. The Balaban J connectivity index is 1.75. The van der Waals surface area contributed by atoms with Crippen molar-refractivity contribution in [3.63, 3.8) is 0 Å². The lowest BCUT2D eigenvalue weighted by molar-refractivity contribution is -0.332. The SMILES string of the molecule is CCCCCCCCCCCCCCCCCCCCC(=O)OC(COCCCCCCCCCCCC)COC1OC(COC2OC(CO)C(O)C(O)C2O)C(O)C(O)C1O. The summed E-state index contributed by atoms with van der Waals surface area (Å²) in [5.41, 5.74) is 0. The summed E-state index contributed by atoms with van der Waals surface area (Å²) >= 11 is 0. The maximum atomic E-state index is 13.0. The lowest BCUT2D eigenvalue weighted by Crippen LogP contribution is -2.61. The van der Waals surface area contributed by atoms with E-state index in [0.717, 1.165) is 44.9 Å². The number of unbranched alkanes of at least 4 members (excludes halogenated alkanes) is 26. The summed E-state index contributed by atoms with van der Waals surface area (Å²) in [4.78, 5) is 13.0. The standard InChI is InChI=1S/C48H92O14/c1-3-5-7-9-11-13-15-16-17-18-19-20-21-22-23-25-27-29-31-40(50)60-37(34-57-32-30-28-26-24-14-12-10-8-6-4-2)35-58-47-46(56)44(54)42(52)39(62-47)36-59-48-45(55)43(53)41(51)38(33-49)61-48/h37-39,41-49,51-56H,3-36H2,1-2H3. The first kappa shape index (κ1) is 57.1. The molecule has 11 unspecified atom stereocenters. The number of carbonyl (C=O) groups is 1. The monoisotopic (exact) mass is 893 g/mol. The van der Waals surface area contributed by atoms with E-state index in [4.69, 9.17) is 28.4 Å². The molecule has 0 bridgehead atoms. The molecule has 368 valence electrons. The smallest absolute Gasteiger partial charge is 0.306 e. The number of esters is 1. The Morgan fingerprint density at radius 2 is 0.855 bits per heavy atom. The average Bonchev–Trinajstić information content (AvgIpc) is 3.27. The molecule has 0 spiro atoms. The molecule has 2 aliphatic heterocycles. The molecule has 14 heteroatoms. The van der Waals surface area contributed by atoms with Gasteiger partial charge in [-0.15, -0.1) is 0 Å². The van der Waals surface area contributed by atoms with E-state index in [2.05, 4.69) is 13.8 Å². The molecule has 0 saturated carbocycles. The number of hydrogen-bond acceptors (Lipinski definition) is 14. The van der Waals surface area contributed by atoms with E-state index in [1.807, 2.05) is 0 Å². The molecule has 14 nitrogen and oxygen atoms in total. The number of ether oxygens (including phenoxy) is 6. The van der Waals surface area contributed by atoms with Gasteiger partial charge in [-0.25, -0.2) is 0 Å². The molecule has 2 rings (SSSR count).